The van der Waals surface area contributed by atoms with Gasteiger partial charge in [-0.05, 0) is 56.8 Å². The molecule has 1 fully saturated rings. The van der Waals surface area contributed by atoms with Gasteiger partial charge in [-0.15, -0.1) is 0 Å². The summed E-state index contributed by atoms with van der Waals surface area (Å²) in [6, 6.07) is 11.7. The largest absolute Gasteiger partial charge is 0.372 e. The topological polar surface area (TPSA) is 51.7 Å². The van der Waals surface area contributed by atoms with Gasteiger partial charge in [-0.2, -0.15) is 0 Å². The van der Waals surface area contributed by atoms with Crippen LogP contribution in [0.15, 0.2) is 42.6 Å². The summed E-state index contributed by atoms with van der Waals surface area (Å²) in [6.07, 6.45) is 1.72. The van der Waals surface area contributed by atoms with Gasteiger partial charge in [0.05, 0.1) is 0 Å². The fraction of sp³-hybridized carbons (Fsp3) is 0.455. The number of anilines is 3. The normalized spacial score (nSPS) is 14.8. The summed E-state index contributed by atoms with van der Waals surface area (Å²) in [5.41, 5.74) is 2.60. The van der Waals surface area contributed by atoms with E-state index in [9.17, 15) is 4.79 Å². The fourth-order valence-electron chi connectivity index (χ4n) is 3.57. The molecule has 1 aromatic carbocycles. The molecule has 0 atom stereocenters. The molecule has 0 bridgehead atoms. The highest BCUT2D eigenvalue weighted by Crippen LogP contribution is 2.20. The summed E-state index contributed by atoms with van der Waals surface area (Å²) in [4.78, 5) is 24.1. The number of piperazine rings is 1. The van der Waals surface area contributed by atoms with Gasteiger partial charge in [-0.3, -0.25) is 4.79 Å². The number of benzene rings is 1. The maximum atomic E-state index is 12.7. The number of rotatable bonds is 7. The van der Waals surface area contributed by atoms with Gasteiger partial charge in [0, 0.05) is 62.4 Å². The van der Waals surface area contributed by atoms with Crippen molar-refractivity contribution in [3.8, 4) is 0 Å². The van der Waals surface area contributed by atoms with Crippen molar-refractivity contribution in [3.05, 3.63) is 48.2 Å². The highest BCUT2D eigenvalue weighted by atomic mass is 16.1. The van der Waals surface area contributed by atoms with E-state index in [2.05, 4.69) is 45.8 Å². The number of hydrogen-bond acceptors (Lipinski definition) is 5. The summed E-state index contributed by atoms with van der Waals surface area (Å²) in [5.74, 6) is 0.770. The van der Waals surface area contributed by atoms with E-state index < -0.39 is 0 Å². The Balaban J connectivity index is 1.65. The number of likely N-dealkylation sites (N-methyl/N-ethyl adjacent to an activating group) is 1. The van der Waals surface area contributed by atoms with Crippen LogP contribution in [-0.2, 0) is 0 Å². The second-order valence-electron chi connectivity index (χ2n) is 7.00. The van der Waals surface area contributed by atoms with Gasteiger partial charge in [0.2, 0.25) is 0 Å². The first-order valence-corrected chi connectivity index (χ1v) is 10.2. The van der Waals surface area contributed by atoms with Crippen molar-refractivity contribution < 1.29 is 4.79 Å². The molecule has 1 amide bonds. The van der Waals surface area contributed by atoms with Gasteiger partial charge in [0.1, 0.15) is 5.82 Å². The van der Waals surface area contributed by atoms with Crippen molar-refractivity contribution in [2.45, 2.75) is 20.8 Å². The highest BCUT2D eigenvalue weighted by Gasteiger charge is 2.18. The average Bonchev–Trinajstić information content (AvgIpc) is 2.76. The second-order valence-corrected chi connectivity index (χ2v) is 7.00. The van der Waals surface area contributed by atoms with E-state index in [-0.39, 0.29) is 5.91 Å². The Kier molecular flexibility index (Phi) is 6.87. The molecule has 1 aliphatic heterocycles. The summed E-state index contributed by atoms with van der Waals surface area (Å²) in [7, 11) is 0. The lowest BCUT2D eigenvalue weighted by Gasteiger charge is -2.34. The molecule has 0 unspecified atom stereocenters. The van der Waals surface area contributed by atoms with Gasteiger partial charge in [0.25, 0.3) is 5.91 Å². The smallest absolute Gasteiger partial charge is 0.255 e. The molecule has 2 heterocycles. The molecule has 3 rings (SSSR count). The van der Waals surface area contributed by atoms with Crippen LogP contribution in [0.3, 0.4) is 0 Å². The van der Waals surface area contributed by atoms with Crippen LogP contribution in [0, 0.1) is 0 Å². The zero-order valence-corrected chi connectivity index (χ0v) is 17.2. The molecule has 1 N–H and O–H groups in total. The molecule has 28 heavy (non-hydrogen) atoms. The number of nitrogens with zero attached hydrogens (tertiary/aromatic N) is 4. The van der Waals surface area contributed by atoms with Crippen LogP contribution in [0.4, 0.5) is 17.2 Å². The summed E-state index contributed by atoms with van der Waals surface area (Å²) in [6.45, 7) is 13.4. The fourth-order valence-corrected chi connectivity index (χ4v) is 3.57. The van der Waals surface area contributed by atoms with E-state index in [1.54, 1.807) is 12.3 Å². The van der Waals surface area contributed by atoms with Gasteiger partial charge in [0.15, 0.2) is 0 Å². The maximum Gasteiger partial charge on any atom is 0.255 e. The number of aromatic nitrogens is 1. The third-order valence-corrected chi connectivity index (χ3v) is 5.40. The minimum absolute atomic E-state index is 0.105. The quantitative estimate of drug-likeness (QED) is 0.797. The van der Waals surface area contributed by atoms with Crippen LogP contribution >= 0.6 is 0 Å². The lowest BCUT2D eigenvalue weighted by atomic mass is 10.2. The van der Waals surface area contributed by atoms with E-state index in [0.29, 0.717) is 5.56 Å². The molecule has 6 heteroatoms. The van der Waals surface area contributed by atoms with Crippen molar-refractivity contribution in [1.82, 2.24) is 9.88 Å². The third-order valence-electron chi connectivity index (χ3n) is 5.40. The molecule has 150 valence electrons. The SMILES string of the molecule is CCN1CCN(c2cc(C(=O)Nc3ccc(N(CC)CC)cc3)ccn2)CC1. The monoisotopic (exact) mass is 381 g/mol. The highest BCUT2D eigenvalue weighted by molar-refractivity contribution is 6.04. The Morgan fingerprint density at radius 3 is 2.32 bits per heavy atom. The summed E-state index contributed by atoms with van der Waals surface area (Å²) in [5, 5.41) is 2.99. The Morgan fingerprint density at radius 2 is 1.71 bits per heavy atom. The average molecular weight is 382 g/mol. The zero-order valence-electron chi connectivity index (χ0n) is 17.2. The number of carbonyl (C=O) groups excluding carboxylic acids is 1. The van der Waals surface area contributed by atoms with Crippen LogP contribution in [0.1, 0.15) is 31.1 Å². The Bertz CT molecular complexity index is 765. The number of nitrogens with one attached hydrogen (secondary N) is 1. The van der Waals surface area contributed by atoms with E-state index in [0.717, 1.165) is 57.3 Å². The Hall–Kier alpha value is -2.60. The van der Waals surface area contributed by atoms with Crippen LogP contribution in [0.25, 0.3) is 0 Å². The van der Waals surface area contributed by atoms with Gasteiger partial charge in [-0.25, -0.2) is 4.98 Å². The molecule has 0 aliphatic carbocycles. The first-order valence-electron chi connectivity index (χ1n) is 10.2. The lowest BCUT2D eigenvalue weighted by Crippen LogP contribution is -2.46. The minimum Gasteiger partial charge on any atom is -0.372 e. The Labute approximate surface area is 168 Å². The van der Waals surface area contributed by atoms with E-state index in [1.165, 1.54) is 5.69 Å². The predicted molar refractivity (Wildman–Crippen MR) is 117 cm³/mol. The van der Waals surface area contributed by atoms with Crippen LogP contribution in [0.2, 0.25) is 0 Å². The molecule has 1 aliphatic rings. The maximum absolute atomic E-state index is 12.7. The van der Waals surface area contributed by atoms with Crippen molar-refractivity contribution in [2.24, 2.45) is 0 Å². The molecule has 2 aromatic rings. The zero-order chi connectivity index (χ0) is 19.9. The molecule has 0 saturated carbocycles. The molecule has 6 nitrogen and oxygen atoms in total. The predicted octanol–water partition coefficient (Wildman–Crippen LogP) is 3.32. The van der Waals surface area contributed by atoms with E-state index in [4.69, 9.17) is 0 Å². The van der Waals surface area contributed by atoms with Crippen LogP contribution in [-0.4, -0.2) is 61.6 Å². The molecular formula is C22H31N5O. The Morgan fingerprint density at radius 1 is 1.04 bits per heavy atom. The van der Waals surface area contributed by atoms with E-state index in [1.807, 2.05) is 30.3 Å². The molecule has 1 aromatic heterocycles. The first kappa shape index (κ1) is 20.1. The summed E-state index contributed by atoms with van der Waals surface area (Å²) < 4.78 is 0. The number of amides is 1. The third kappa shape index (κ3) is 4.81. The van der Waals surface area contributed by atoms with Crippen LogP contribution in [0.5, 0.6) is 0 Å². The standard InChI is InChI=1S/C22H31N5O/c1-4-25-13-15-27(16-14-25)21-17-18(11-12-23-21)22(28)24-19-7-9-20(10-8-19)26(5-2)6-3/h7-12,17H,4-6,13-16H2,1-3H3,(H,24,28). The number of carbonyl (C=O) groups is 1. The lowest BCUT2D eigenvalue weighted by molar-refractivity contribution is 0.102. The number of pyridine rings is 1. The molecule has 0 radical (unpaired) electrons. The first-order chi connectivity index (χ1) is 13.6. The van der Waals surface area contributed by atoms with Crippen molar-refractivity contribution in [3.63, 3.8) is 0 Å². The molecule has 1 saturated heterocycles. The van der Waals surface area contributed by atoms with E-state index >= 15 is 0 Å². The van der Waals surface area contributed by atoms with Crippen molar-refractivity contribution in [2.75, 3.05) is 60.9 Å². The minimum atomic E-state index is -0.105. The van der Waals surface area contributed by atoms with Crippen molar-refractivity contribution in [1.29, 1.82) is 0 Å². The summed E-state index contributed by atoms with van der Waals surface area (Å²) >= 11 is 0. The second kappa shape index (κ2) is 9.55. The van der Waals surface area contributed by atoms with Gasteiger partial charge >= 0.3 is 0 Å². The molecular weight excluding hydrogens is 350 g/mol. The van der Waals surface area contributed by atoms with Gasteiger partial charge in [-0.1, -0.05) is 6.92 Å². The molecule has 0 spiro atoms. The van der Waals surface area contributed by atoms with Crippen LogP contribution < -0.4 is 15.1 Å². The number of hydrogen-bond donors (Lipinski definition) is 1. The van der Waals surface area contributed by atoms with Gasteiger partial charge < -0.3 is 20.0 Å². The van der Waals surface area contributed by atoms with Crippen molar-refractivity contribution >= 4 is 23.1 Å².